The highest BCUT2D eigenvalue weighted by Gasteiger charge is 2.35. The van der Waals surface area contributed by atoms with Crippen molar-refractivity contribution in [2.75, 3.05) is 18.8 Å². The second-order valence-electron chi connectivity index (χ2n) is 7.51. The summed E-state index contributed by atoms with van der Waals surface area (Å²) in [6, 6.07) is 6.02. The van der Waals surface area contributed by atoms with Gasteiger partial charge in [0.05, 0.1) is 10.7 Å². The molecule has 1 saturated carbocycles. The molecule has 11 heteroatoms. The average Bonchev–Trinajstić information content (AvgIpc) is 3.51. The van der Waals surface area contributed by atoms with Crippen molar-refractivity contribution in [3.05, 3.63) is 59.0 Å². The first kappa shape index (κ1) is 23.2. The lowest BCUT2D eigenvalue weighted by Crippen LogP contribution is -2.37. The first-order valence-electron chi connectivity index (χ1n) is 10.4. The molecule has 0 bridgehead atoms. The van der Waals surface area contributed by atoms with E-state index in [2.05, 4.69) is 22.1 Å². The molecule has 0 radical (unpaired) electrons. The number of amides is 3. The molecule has 2 fully saturated rings. The van der Waals surface area contributed by atoms with Crippen LogP contribution in [-0.4, -0.2) is 55.6 Å². The zero-order valence-corrected chi connectivity index (χ0v) is 19.3. The van der Waals surface area contributed by atoms with E-state index >= 15 is 0 Å². The van der Waals surface area contributed by atoms with Gasteiger partial charge in [-0.25, -0.2) is 4.39 Å². The summed E-state index contributed by atoms with van der Waals surface area (Å²) in [5, 5.41) is 11.4. The summed E-state index contributed by atoms with van der Waals surface area (Å²) in [5.41, 5.74) is 0.238. The zero-order chi connectivity index (χ0) is 23.4. The smallest absolute Gasteiger partial charge is 0.293 e. The number of allylic oxidation sites excluding steroid dienone is 1. The molecule has 1 aromatic carbocycles. The molecule has 0 spiro atoms. The number of carbonyl (C=O) groups is 3. The van der Waals surface area contributed by atoms with Gasteiger partial charge in [-0.15, -0.1) is 16.8 Å². The highest BCUT2D eigenvalue weighted by atomic mass is 32.2. The van der Waals surface area contributed by atoms with Crippen LogP contribution in [0.5, 0.6) is 0 Å². The fraction of sp³-hybridized carbons (Fsp3) is 0.318. The molecule has 4 rings (SSSR count). The minimum absolute atomic E-state index is 0.0359. The van der Waals surface area contributed by atoms with Crippen molar-refractivity contribution in [1.29, 1.82) is 0 Å². The number of halogens is 1. The average molecular weight is 488 g/mol. The van der Waals surface area contributed by atoms with Gasteiger partial charge in [0.2, 0.25) is 5.91 Å². The Morgan fingerprint density at radius 1 is 1.30 bits per heavy atom. The lowest BCUT2D eigenvalue weighted by Gasteiger charge is -2.13. The van der Waals surface area contributed by atoms with E-state index in [1.54, 1.807) is 18.2 Å². The second kappa shape index (κ2) is 10.3. The third kappa shape index (κ3) is 5.53. The molecular weight excluding hydrogens is 465 g/mol. The van der Waals surface area contributed by atoms with Crippen LogP contribution >= 0.6 is 23.5 Å². The highest BCUT2D eigenvalue weighted by Crippen LogP contribution is 2.40. The minimum Gasteiger partial charge on any atom is -0.354 e. The van der Waals surface area contributed by atoms with Gasteiger partial charge in [0.1, 0.15) is 11.6 Å². The molecule has 2 aliphatic rings. The van der Waals surface area contributed by atoms with Crippen LogP contribution in [-0.2, 0) is 16.1 Å². The van der Waals surface area contributed by atoms with Gasteiger partial charge in [0, 0.05) is 31.1 Å². The number of aromatic nitrogens is 3. The number of nitrogens with one attached hydrogen (secondary N) is 1. The third-order valence-electron chi connectivity index (χ3n) is 5.05. The molecular formula is C22H22FN5O3S2. The van der Waals surface area contributed by atoms with Crippen molar-refractivity contribution in [3.63, 3.8) is 0 Å². The van der Waals surface area contributed by atoms with E-state index in [-0.39, 0.29) is 35.2 Å². The second-order valence-corrected chi connectivity index (χ2v) is 9.44. The summed E-state index contributed by atoms with van der Waals surface area (Å²) < 4.78 is 15.8. The summed E-state index contributed by atoms with van der Waals surface area (Å²) in [6.07, 6.45) is 5.34. The first-order valence-corrected chi connectivity index (χ1v) is 12.2. The van der Waals surface area contributed by atoms with Crippen molar-refractivity contribution in [1.82, 2.24) is 25.0 Å². The van der Waals surface area contributed by atoms with Gasteiger partial charge < -0.3 is 9.88 Å². The number of hydrogen-bond acceptors (Lipinski definition) is 7. The van der Waals surface area contributed by atoms with Crippen LogP contribution in [0, 0.1) is 5.82 Å². The standard InChI is InChI=1S/C22H22FN5O3S2/c1-2-10-27-19(14-7-8-14)25-26-21(27)32-13-18(29)24-9-11-28-20(30)17(33-22(28)31)12-15-5-3-4-6-16(15)23/h2-6,12,14H,1,7-11,13H2,(H,24,29)/b17-12-. The predicted molar refractivity (Wildman–Crippen MR) is 125 cm³/mol. The predicted octanol–water partition coefficient (Wildman–Crippen LogP) is 3.43. The molecule has 1 aromatic heterocycles. The Morgan fingerprint density at radius 2 is 2.09 bits per heavy atom. The Hall–Kier alpha value is -2.92. The van der Waals surface area contributed by atoms with E-state index in [1.807, 2.05) is 4.57 Å². The van der Waals surface area contributed by atoms with Gasteiger partial charge in [-0.1, -0.05) is 36.0 Å². The van der Waals surface area contributed by atoms with E-state index in [4.69, 9.17) is 0 Å². The van der Waals surface area contributed by atoms with Crippen LogP contribution < -0.4 is 5.32 Å². The summed E-state index contributed by atoms with van der Waals surface area (Å²) in [6.45, 7) is 4.51. The SMILES string of the molecule is C=CCn1c(SCC(=O)NCCN2C(=O)S/C(=C\c3ccccc3F)C2=O)nnc1C1CC1. The number of rotatable bonds is 10. The fourth-order valence-corrected chi connectivity index (χ4v) is 4.91. The molecule has 3 amide bonds. The molecule has 33 heavy (non-hydrogen) atoms. The van der Waals surface area contributed by atoms with Crippen molar-refractivity contribution in [2.45, 2.75) is 30.5 Å². The Morgan fingerprint density at radius 3 is 2.82 bits per heavy atom. The lowest BCUT2D eigenvalue weighted by molar-refractivity contribution is -0.123. The van der Waals surface area contributed by atoms with Gasteiger partial charge in [0.15, 0.2) is 5.16 Å². The van der Waals surface area contributed by atoms with Crippen LogP contribution in [0.25, 0.3) is 6.08 Å². The third-order valence-corrected chi connectivity index (χ3v) is 6.93. The van der Waals surface area contributed by atoms with Crippen LogP contribution in [0.1, 0.15) is 30.1 Å². The van der Waals surface area contributed by atoms with E-state index < -0.39 is 17.0 Å². The maximum absolute atomic E-state index is 13.8. The van der Waals surface area contributed by atoms with E-state index in [0.717, 1.165) is 35.3 Å². The zero-order valence-electron chi connectivity index (χ0n) is 17.7. The Balaban J connectivity index is 1.27. The van der Waals surface area contributed by atoms with E-state index in [0.29, 0.717) is 17.6 Å². The fourth-order valence-electron chi connectivity index (χ4n) is 3.27. The van der Waals surface area contributed by atoms with Gasteiger partial charge in [0.25, 0.3) is 11.1 Å². The highest BCUT2D eigenvalue weighted by molar-refractivity contribution is 8.18. The first-order chi connectivity index (χ1) is 16.0. The topological polar surface area (TPSA) is 97.2 Å². The quantitative estimate of drug-likeness (QED) is 0.312. The monoisotopic (exact) mass is 487 g/mol. The van der Waals surface area contributed by atoms with Crippen molar-refractivity contribution in [3.8, 4) is 0 Å². The van der Waals surface area contributed by atoms with E-state index in [9.17, 15) is 18.8 Å². The molecule has 0 atom stereocenters. The van der Waals surface area contributed by atoms with Crippen LogP contribution in [0.3, 0.4) is 0 Å². The summed E-state index contributed by atoms with van der Waals surface area (Å²) >= 11 is 2.04. The molecule has 1 aliphatic carbocycles. The Bertz CT molecular complexity index is 1130. The molecule has 1 saturated heterocycles. The maximum atomic E-state index is 13.8. The van der Waals surface area contributed by atoms with Gasteiger partial charge in [-0.2, -0.15) is 0 Å². The number of thioether (sulfide) groups is 2. The van der Waals surface area contributed by atoms with E-state index in [1.165, 1.54) is 30.0 Å². The number of nitrogens with zero attached hydrogens (tertiary/aromatic N) is 4. The normalized spacial score (nSPS) is 17.1. The molecule has 8 nitrogen and oxygen atoms in total. The Labute approximate surface area is 198 Å². The van der Waals surface area contributed by atoms with Crippen LogP contribution in [0.2, 0.25) is 0 Å². The summed E-state index contributed by atoms with van der Waals surface area (Å²) in [5.74, 6) is 0.292. The lowest BCUT2D eigenvalue weighted by atomic mass is 10.2. The van der Waals surface area contributed by atoms with Crippen molar-refractivity contribution >= 4 is 46.7 Å². The molecule has 172 valence electrons. The molecule has 2 aromatic rings. The number of benzene rings is 1. The number of hydrogen-bond donors (Lipinski definition) is 1. The minimum atomic E-state index is -0.498. The number of carbonyl (C=O) groups excluding carboxylic acids is 3. The number of imide groups is 1. The van der Waals surface area contributed by atoms with Gasteiger partial charge >= 0.3 is 0 Å². The molecule has 1 aliphatic heterocycles. The maximum Gasteiger partial charge on any atom is 0.293 e. The molecule has 1 N–H and O–H groups in total. The van der Waals surface area contributed by atoms with Gasteiger partial charge in [-0.05, 0) is 36.7 Å². The van der Waals surface area contributed by atoms with Crippen molar-refractivity contribution in [2.24, 2.45) is 0 Å². The van der Waals surface area contributed by atoms with Crippen LogP contribution in [0.4, 0.5) is 9.18 Å². The molecule has 0 unspecified atom stereocenters. The molecule has 2 heterocycles. The van der Waals surface area contributed by atoms with Gasteiger partial charge in [-0.3, -0.25) is 19.3 Å². The summed E-state index contributed by atoms with van der Waals surface area (Å²) in [4.78, 5) is 38.2. The largest absolute Gasteiger partial charge is 0.354 e. The Kier molecular flexibility index (Phi) is 7.29. The van der Waals surface area contributed by atoms with Crippen LogP contribution in [0.15, 0.2) is 47.0 Å². The van der Waals surface area contributed by atoms with Crippen molar-refractivity contribution < 1.29 is 18.8 Å². The summed E-state index contributed by atoms with van der Waals surface area (Å²) in [7, 11) is 0.